The first-order valence-electron chi connectivity index (χ1n) is 39.6. The molecule has 0 N–H and O–H groups in total. The number of hydrogen-bond acceptors (Lipinski definition) is 0. The van der Waals surface area contributed by atoms with Crippen LogP contribution in [0.1, 0.15) is 496 Å². The minimum atomic E-state index is 0.938. The van der Waals surface area contributed by atoms with Gasteiger partial charge in [-0.2, -0.15) is 0 Å². The summed E-state index contributed by atoms with van der Waals surface area (Å²) in [4.78, 5) is 0. The summed E-state index contributed by atoms with van der Waals surface area (Å²) in [7, 11) is 0. The highest BCUT2D eigenvalue weighted by atomic mass is 14.2. The van der Waals surface area contributed by atoms with Crippen molar-refractivity contribution < 1.29 is 0 Å². The van der Waals surface area contributed by atoms with Crippen LogP contribution in [0.15, 0.2) is 0 Å². The van der Waals surface area contributed by atoms with Crippen LogP contribution in [0.4, 0.5) is 0 Å². The second-order valence-corrected chi connectivity index (χ2v) is 28.1. The largest absolute Gasteiger partial charge is 0.0654 e. The van der Waals surface area contributed by atoms with Gasteiger partial charge < -0.3 is 0 Å². The molecule has 0 rings (SSSR count). The second-order valence-electron chi connectivity index (χ2n) is 28.1. The smallest absolute Gasteiger partial charge is 0.0386 e. The van der Waals surface area contributed by atoms with Crippen LogP contribution in [-0.4, -0.2) is 0 Å². The molecular weight excluding hydrogens is 961 g/mol. The molecular formula is C80H161. The fraction of sp³-hybridized carbons (Fsp3) is 0.988. The van der Waals surface area contributed by atoms with Gasteiger partial charge in [-0.3, -0.25) is 0 Å². The van der Waals surface area contributed by atoms with Gasteiger partial charge in [0.1, 0.15) is 0 Å². The van der Waals surface area contributed by atoms with Crippen LogP contribution in [0, 0.1) is 18.3 Å². The number of unbranched alkanes of at least 4 members (excludes halogenated alkanes) is 65. The minimum absolute atomic E-state index is 0.938. The Kier molecular flexibility index (Phi) is 75.1. The first-order valence-corrected chi connectivity index (χ1v) is 39.6. The summed E-state index contributed by atoms with van der Waals surface area (Å²) in [5, 5.41) is 0. The molecule has 0 aliphatic heterocycles. The van der Waals surface area contributed by atoms with Crippen molar-refractivity contribution in [1.29, 1.82) is 0 Å². The normalized spacial score (nSPS) is 12.6. The van der Waals surface area contributed by atoms with E-state index in [1.807, 2.05) is 0 Å². The van der Waals surface area contributed by atoms with Crippen LogP contribution in [0.3, 0.4) is 0 Å². The van der Waals surface area contributed by atoms with E-state index in [1.54, 1.807) is 0 Å². The van der Waals surface area contributed by atoms with Gasteiger partial charge >= 0.3 is 0 Å². The Hall–Kier alpha value is 0. The molecule has 0 aliphatic carbocycles. The van der Waals surface area contributed by atoms with Gasteiger partial charge in [0.25, 0.3) is 0 Å². The van der Waals surface area contributed by atoms with Gasteiger partial charge in [-0.15, -0.1) is 0 Å². The molecule has 0 bridgehead atoms. The van der Waals surface area contributed by atoms with Gasteiger partial charge in [0, 0.05) is 0 Å². The Bertz CT molecular complexity index is 1010. The maximum Gasteiger partial charge on any atom is -0.0386 e. The SMILES string of the molecule is CCCCCCCCCCCCCCCCCCCCCCCCCCCC(CC[CH]CCCCC(C)CCCCCCCCCCCCCCCCCCC)CCCCCCCCCCCCCCCCCCCCCCCC. The molecule has 0 aliphatic rings. The summed E-state index contributed by atoms with van der Waals surface area (Å²) in [6, 6.07) is 0. The second kappa shape index (κ2) is 75.1. The van der Waals surface area contributed by atoms with Gasteiger partial charge in [-0.25, -0.2) is 0 Å². The Balaban J connectivity index is 4.06. The molecule has 0 amide bonds. The number of hydrogen-bond donors (Lipinski definition) is 0. The van der Waals surface area contributed by atoms with E-state index in [2.05, 4.69) is 34.1 Å². The maximum absolute atomic E-state index is 2.72. The Morgan fingerprint density at radius 2 is 0.325 bits per heavy atom. The fourth-order valence-electron chi connectivity index (χ4n) is 13.7. The summed E-state index contributed by atoms with van der Waals surface area (Å²) >= 11 is 0. The minimum Gasteiger partial charge on any atom is -0.0654 e. The first-order chi connectivity index (χ1) is 39.7. The Morgan fingerprint density at radius 3 is 0.525 bits per heavy atom. The molecule has 2 atom stereocenters. The predicted octanol–water partition coefficient (Wildman–Crippen LogP) is 31.0. The van der Waals surface area contributed by atoms with E-state index in [9.17, 15) is 0 Å². The van der Waals surface area contributed by atoms with Crippen LogP contribution in [0.25, 0.3) is 0 Å². The predicted molar refractivity (Wildman–Crippen MR) is 371 cm³/mol. The van der Waals surface area contributed by atoms with Gasteiger partial charge in [-0.05, 0) is 24.7 Å². The average molecular weight is 1120 g/mol. The quantitative estimate of drug-likeness (QED) is 0.0533. The Labute approximate surface area is 512 Å². The van der Waals surface area contributed by atoms with Gasteiger partial charge in [0.05, 0.1) is 0 Å². The van der Waals surface area contributed by atoms with Crippen LogP contribution in [0.2, 0.25) is 0 Å². The lowest BCUT2D eigenvalue weighted by molar-refractivity contribution is 0.376. The molecule has 0 fully saturated rings. The van der Waals surface area contributed by atoms with Crippen molar-refractivity contribution in [3.63, 3.8) is 0 Å². The third kappa shape index (κ3) is 72.3. The molecule has 0 aromatic carbocycles. The van der Waals surface area contributed by atoms with Crippen LogP contribution < -0.4 is 0 Å². The van der Waals surface area contributed by atoms with E-state index in [0.29, 0.717) is 0 Å². The monoisotopic (exact) mass is 1120 g/mol. The molecule has 481 valence electrons. The lowest BCUT2D eigenvalue weighted by Crippen LogP contribution is -2.02. The lowest BCUT2D eigenvalue weighted by atomic mass is 9.89. The summed E-state index contributed by atoms with van der Waals surface area (Å²) < 4.78 is 0. The van der Waals surface area contributed by atoms with Crippen molar-refractivity contribution in [2.75, 3.05) is 0 Å². The van der Waals surface area contributed by atoms with E-state index in [4.69, 9.17) is 0 Å². The summed E-state index contributed by atoms with van der Waals surface area (Å²) in [5.41, 5.74) is 0. The van der Waals surface area contributed by atoms with Gasteiger partial charge in [-0.1, -0.05) is 490 Å². The standard InChI is InChI=1S/C80H161/c1-5-8-11-14-17-20-23-26-29-32-34-36-38-39-40-42-44-47-50-53-56-59-62-67-72-77-80(76-71-66-61-58-55-52-49-46-43-41-37-35-33-30-27-24-21-18-15-12-9-6-2)78-73-68-63-65-70-75-79(4)74-69-64-60-57-54-51-48-45-31-28-25-22-19-16-13-10-7-3/h68,79-80H,5-67,69-78H2,1-4H3. The third-order valence-electron chi connectivity index (χ3n) is 19.6. The molecule has 1 radical (unpaired) electrons. The highest BCUT2D eigenvalue weighted by Crippen LogP contribution is 2.26. The molecule has 0 heteroatoms. The molecule has 0 heterocycles. The van der Waals surface area contributed by atoms with E-state index in [-0.39, 0.29) is 0 Å². The van der Waals surface area contributed by atoms with E-state index in [0.717, 1.165) is 11.8 Å². The molecule has 0 saturated carbocycles. The van der Waals surface area contributed by atoms with Crippen molar-refractivity contribution in [2.24, 2.45) is 11.8 Å². The van der Waals surface area contributed by atoms with Crippen LogP contribution in [0.5, 0.6) is 0 Å². The topological polar surface area (TPSA) is 0 Å². The van der Waals surface area contributed by atoms with Crippen molar-refractivity contribution >= 4 is 0 Å². The third-order valence-corrected chi connectivity index (χ3v) is 19.6. The van der Waals surface area contributed by atoms with Gasteiger partial charge in [0.2, 0.25) is 0 Å². The van der Waals surface area contributed by atoms with Gasteiger partial charge in [0.15, 0.2) is 0 Å². The zero-order chi connectivity index (χ0) is 57.5. The zero-order valence-corrected chi connectivity index (χ0v) is 57.4. The van der Waals surface area contributed by atoms with Crippen LogP contribution in [-0.2, 0) is 0 Å². The summed E-state index contributed by atoms with van der Waals surface area (Å²) in [5.74, 6) is 1.93. The van der Waals surface area contributed by atoms with Crippen LogP contribution >= 0.6 is 0 Å². The van der Waals surface area contributed by atoms with Crippen molar-refractivity contribution in [3.05, 3.63) is 6.42 Å². The van der Waals surface area contributed by atoms with E-state index in [1.165, 1.54) is 469 Å². The lowest BCUT2D eigenvalue weighted by Gasteiger charge is -2.17. The molecule has 2 unspecified atom stereocenters. The highest BCUT2D eigenvalue weighted by molar-refractivity contribution is 4.70. The number of rotatable bonds is 75. The molecule has 80 heavy (non-hydrogen) atoms. The molecule has 0 aromatic heterocycles. The summed E-state index contributed by atoms with van der Waals surface area (Å²) in [6.45, 7) is 9.51. The van der Waals surface area contributed by atoms with Crippen molar-refractivity contribution in [3.8, 4) is 0 Å². The highest BCUT2D eigenvalue weighted by Gasteiger charge is 2.10. The average Bonchev–Trinajstić information content (AvgIpc) is 3.46. The van der Waals surface area contributed by atoms with E-state index >= 15 is 0 Å². The summed E-state index contributed by atoms with van der Waals surface area (Å²) in [6.07, 6.45) is 111. The molecule has 0 aromatic rings. The zero-order valence-electron chi connectivity index (χ0n) is 57.4. The fourth-order valence-corrected chi connectivity index (χ4v) is 13.7. The Morgan fingerprint density at radius 1 is 0.163 bits per heavy atom. The first kappa shape index (κ1) is 80.0. The maximum atomic E-state index is 2.72. The van der Waals surface area contributed by atoms with Crippen molar-refractivity contribution in [2.45, 2.75) is 496 Å². The molecule has 0 nitrogen and oxygen atoms in total. The van der Waals surface area contributed by atoms with E-state index < -0.39 is 0 Å². The molecule has 0 spiro atoms. The molecule has 0 saturated heterocycles. The van der Waals surface area contributed by atoms with Crippen molar-refractivity contribution in [1.82, 2.24) is 0 Å².